The zero-order valence-corrected chi connectivity index (χ0v) is 7.87. The first-order chi connectivity index (χ1) is 6.49. The highest BCUT2D eigenvalue weighted by Gasteiger charge is 2.23. The lowest BCUT2D eigenvalue weighted by molar-refractivity contribution is 0.0775. The van der Waals surface area contributed by atoms with E-state index in [1.165, 1.54) is 0 Å². The predicted molar refractivity (Wildman–Crippen MR) is 40.6 cm³/mol. The molecule has 0 saturated heterocycles. The number of carbonyl (C=O) groups excluding carboxylic acids is 1. The van der Waals surface area contributed by atoms with Gasteiger partial charge in [-0.2, -0.15) is 0 Å². The molecule has 0 N–H and O–H groups in total. The average Bonchev–Trinajstić information content (AvgIpc) is 2.19. The molecule has 0 heterocycles. The maximum Gasteiger partial charge on any atom is 0.352 e. The van der Waals surface area contributed by atoms with E-state index < -0.39 is 34.8 Å². The van der Waals surface area contributed by atoms with Crippen LogP contribution in [0.3, 0.4) is 0 Å². The molecule has 1 rings (SSSR count). The SMILES string of the molecule is O=C(OBr)c1cc(F)c(F)c(F)c1F. The predicted octanol–water partition coefficient (Wildman–Crippen LogP) is 2.71. The fraction of sp³-hybridized carbons (Fsp3) is 0. The number of benzene rings is 1. The van der Waals surface area contributed by atoms with Crippen molar-refractivity contribution in [2.45, 2.75) is 0 Å². The van der Waals surface area contributed by atoms with Crippen LogP contribution in [0.25, 0.3) is 0 Å². The Morgan fingerprint density at radius 3 is 2.21 bits per heavy atom. The van der Waals surface area contributed by atoms with Crippen LogP contribution < -0.4 is 0 Å². The van der Waals surface area contributed by atoms with Crippen molar-refractivity contribution in [2.24, 2.45) is 0 Å². The van der Waals surface area contributed by atoms with Crippen molar-refractivity contribution < 1.29 is 26.2 Å². The number of carbonyl (C=O) groups is 1. The minimum atomic E-state index is -2.06. The van der Waals surface area contributed by atoms with Crippen molar-refractivity contribution in [3.05, 3.63) is 34.9 Å². The third kappa shape index (κ3) is 1.72. The van der Waals surface area contributed by atoms with Gasteiger partial charge in [0.1, 0.15) is 5.56 Å². The number of hydrogen-bond donors (Lipinski definition) is 0. The topological polar surface area (TPSA) is 26.3 Å². The summed E-state index contributed by atoms with van der Waals surface area (Å²) in [6, 6.07) is 0.206. The molecule has 76 valence electrons. The van der Waals surface area contributed by atoms with Gasteiger partial charge in [-0.25, -0.2) is 22.4 Å². The maximum absolute atomic E-state index is 12.8. The molecule has 0 amide bonds. The Bertz CT molecular complexity index is 394. The molecule has 0 radical (unpaired) electrons. The van der Waals surface area contributed by atoms with Gasteiger partial charge in [0, 0.05) is 0 Å². The van der Waals surface area contributed by atoms with Gasteiger partial charge in [-0.15, -0.1) is 0 Å². The Labute approximate surface area is 83.9 Å². The van der Waals surface area contributed by atoms with E-state index in [9.17, 15) is 22.4 Å². The van der Waals surface area contributed by atoms with E-state index in [1.54, 1.807) is 0 Å². The Balaban J connectivity index is 3.40. The molecule has 0 aliphatic rings. The first kappa shape index (κ1) is 11.0. The van der Waals surface area contributed by atoms with Crippen LogP contribution in [0.15, 0.2) is 6.07 Å². The third-order valence-corrected chi connectivity index (χ3v) is 1.69. The second kappa shape index (κ2) is 3.95. The van der Waals surface area contributed by atoms with Gasteiger partial charge in [0.25, 0.3) is 0 Å². The fourth-order valence-corrected chi connectivity index (χ4v) is 0.937. The molecule has 0 atom stereocenters. The van der Waals surface area contributed by atoms with Gasteiger partial charge in [-0.3, -0.25) is 0 Å². The number of hydrogen-bond acceptors (Lipinski definition) is 2. The van der Waals surface area contributed by atoms with Gasteiger partial charge in [0.15, 0.2) is 39.5 Å². The molecule has 0 aliphatic carbocycles. The molecular formula is C7HBrF4O2. The summed E-state index contributed by atoms with van der Waals surface area (Å²) >= 11 is 2.20. The summed E-state index contributed by atoms with van der Waals surface area (Å²) in [5.74, 6) is -8.86. The zero-order chi connectivity index (χ0) is 10.9. The molecule has 2 nitrogen and oxygen atoms in total. The summed E-state index contributed by atoms with van der Waals surface area (Å²) in [6.45, 7) is 0. The van der Waals surface area contributed by atoms with Gasteiger partial charge >= 0.3 is 5.97 Å². The zero-order valence-electron chi connectivity index (χ0n) is 6.28. The van der Waals surface area contributed by atoms with Crippen molar-refractivity contribution >= 4 is 22.2 Å². The van der Waals surface area contributed by atoms with Gasteiger partial charge in [0.05, 0.1) is 0 Å². The second-order valence-corrected chi connectivity index (χ2v) is 2.54. The van der Waals surface area contributed by atoms with Crippen LogP contribution >= 0.6 is 16.3 Å². The summed E-state index contributed by atoms with van der Waals surface area (Å²) in [7, 11) is 0. The van der Waals surface area contributed by atoms with Crippen LogP contribution in [0, 0.1) is 23.3 Å². The molecule has 0 fully saturated rings. The first-order valence-electron chi connectivity index (χ1n) is 3.15. The molecule has 0 aliphatic heterocycles. The molecule has 0 spiro atoms. The van der Waals surface area contributed by atoms with Crippen LogP contribution in [0.5, 0.6) is 0 Å². The van der Waals surface area contributed by atoms with Gasteiger partial charge in [0.2, 0.25) is 0 Å². The molecule has 1 aromatic rings. The lowest BCUT2D eigenvalue weighted by Gasteiger charge is -2.02. The molecule has 0 aromatic heterocycles. The molecule has 0 saturated carbocycles. The Morgan fingerprint density at radius 2 is 1.71 bits per heavy atom. The van der Waals surface area contributed by atoms with Gasteiger partial charge in [-0.05, 0) is 6.07 Å². The number of halogens is 5. The van der Waals surface area contributed by atoms with E-state index in [-0.39, 0.29) is 6.07 Å². The highest BCUT2D eigenvalue weighted by atomic mass is 79.9. The van der Waals surface area contributed by atoms with Crippen LogP contribution in [0.1, 0.15) is 10.4 Å². The standard InChI is InChI=1S/C7HBrF4O2/c8-14-7(13)2-1-3(9)5(11)6(12)4(2)10/h1H. The van der Waals surface area contributed by atoms with Crippen molar-refractivity contribution in [2.75, 3.05) is 0 Å². The van der Waals surface area contributed by atoms with E-state index in [0.717, 1.165) is 0 Å². The molecule has 1 aromatic carbocycles. The summed E-state index contributed by atoms with van der Waals surface area (Å²) < 4.78 is 54.1. The van der Waals surface area contributed by atoms with Gasteiger partial charge < -0.3 is 3.83 Å². The highest BCUT2D eigenvalue weighted by Crippen LogP contribution is 2.19. The van der Waals surface area contributed by atoms with Crippen molar-refractivity contribution in [3.8, 4) is 0 Å². The van der Waals surface area contributed by atoms with Crippen LogP contribution in [0.4, 0.5) is 17.6 Å². The van der Waals surface area contributed by atoms with E-state index in [0.29, 0.717) is 0 Å². The molecule has 0 bridgehead atoms. The maximum atomic E-state index is 12.8. The minimum absolute atomic E-state index is 0.206. The highest BCUT2D eigenvalue weighted by molar-refractivity contribution is 9.06. The summed E-state index contributed by atoms with van der Waals surface area (Å²) in [6.07, 6.45) is 0. The fourth-order valence-electron chi connectivity index (χ4n) is 0.763. The lowest BCUT2D eigenvalue weighted by atomic mass is 10.2. The van der Waals surface area contributed by atoms with Crippen molar-refractivity contribution in [1.29, 1.82) is 0 Å². The largest absolute Gasteiger partial charge is 0.380 e. The Kier molecular flexibility index (Phi) is 3.10. The molecule has 0 unspecified atom stereocenters. The van der Waals surface area contributed by atoms with Crippen LogP contribution in [-0.2, 0) is 3.83 Å². The Hall–Kier alpha value is -1.11. The molecular weight excluding hydrogens is 272 g/mol. The van der Waals surface area contributed by atoms with Crippen LogP contribution in [-0.4, -0.2) is 5.97 Å². The monoisotopic (exact) mass is 272 g/mol. The second-order valence-electron chi connectivity index (χ2n) is 2.21. The minimum Gasteiger partial charge on any atom is -0.380 e. The summed E-state index contributed by atoms with van der Waals surface area (Å²) in [4.78, 5) is 10.7. The molecule has 14 heavy (non-hydrogen) atoms. The van der Waals surface area contributed by atoms with Crippen molar-refractivity contribution in [1.82, 2.24) is 0 Å². The van der Waals surface area contributed by atoms with Crippen molar-refractivity contribution in [3.63, 3.8) is 0 Å². The summed E-state index contributed by atoms with van der Waals surface area (Å²) in [5, 5.41) is 0. The van der Waals surface area contributed by atoms with Gasteiger partial charge in [-0.1, -0.05) is 0 Å². The third-order valence-electron chi connectivity index (χ3n) is 1.39. The lowest BCUT2D eigenvalue weighted by Crippen LogP contribution is -2.07. The van der Waals surface area contributed by atoms with E-state index in [4.69, 9.17) is 0 Å². The van der Waals surface area contributed by atoms with E-state index >= 15 is 0 Å². The Morgan fingerprint density at radius 1 is 1.14 bits per heavy atom. The number of rotatable bonds is 1. The van der Waals surface area contributed by atoms with E-state index in [2.05, 4.69) is 20.1 Å². The average molecular weight is 273 g/mol. The quantitative estimate of drug-likeness (QED) is 0.446. The van der Waals surface area contributed by atoms with Crippen LogP contribution in [0.2, 0.25) is 0 Å². The normalized spacial score (nSPS) is 10.1. The molecule has 7 heteroatoms. The summed E-state index contributed by atoms with van der Waals surface area (Å²) in [5.41, 5.74) is -1.03. The van der Waals surface area contributed by atoms with E-state index in [1.807, 2.05) is 0 Å². The smallest absolute Gasteiger partial charge is 0.352 e. The first-order valence-corrected chi connectivity index (χ1v) is 3.79.